The Bertz CT molecular complexity index is 472. The number of aliphatic carboxylic acids is 1. The lowest BCUT2D eigenvalue weighted by Gasteiger charge is -2.39. The predicted octanol–water partition coefficient (Wildman–Crippen LogP) is 1.18. The van der Waals surface area contributed by atoms with Crippen LogP contribution in [0.5, 0.6) is 0 Å². The van der Waals surface area contributed by atoms with Crippen LogP contribution in [0.1, 0.15) is 33.1 Å². The van der Waals surface area contributed by atoms with Crippen molar-refractivity contribution in [2.45, 2.75) is 39.2 Å². The number of hydrogen-bond acceptors (Lipinski definition) is 3. The summed E-state index contributed by atoms with van der Waals surface area (Å²) in [4.78, 5) is 38.8. The molecule has 124 valence electrons. The van der Waals surface area contributed by atoms with Gasteiger partial charge in [-0.05, 0) is 26.7 Å². The average Bonchev–Trinajstić information content (AvgIpc) is 2.89. The molecule has 2 aliphatic rings. The second kappa shape index (κ2) is 6.44. The first-order valence-electron chi connectivity index (χ1n) is 7.64. The molecule has 2 amide bonds. The summed E-state index contributed by atoms with van der Waals surface area (Å²) in [5.74, 6) is -1.28. The van der Waals surface area contributed by atoms with E-state index in [4.69, 9.17) is 16.7 Å². The van der Waals surface area contributed by atoms with Crippen LogP contribution in [-0.4, -0.2) is 64.2 Å². The van der Waals surface area contributed by atoms with Crippen LogP contribution in [0.25, 0.3) is 0 Å². The third-order valence-corrected chi connectivity index (χ3v) is 5.28. The Morgan fingerprint density at radius 3 is 2.36 bits per heavy atom. The van der Waals surface area contributed by atoms with Gasteiger partial charge in [-0.1, -0.05) is 0 Å². The molecule has 2 aliphatic heterocycles. The van der Waals surface area contributed by atoms with Crippen molar-refractivity contribution in [3.05, 3.63) is 0 Å². The minimum absolute atomic E-state index is 0.0390. The standard InChI is InChI=1S/C15H23ClN2O4/c1-15(2,9-16)14(22)17-5-3-11(4-6-17)18-8-10(13(20)21)7-12(18)19/h10-11H,3-9H2,1-2H3,(H,20,21). The van der Waals surface area contributed by atoms with Crippen LogP contribution in [0.4, 0.5) is 0 Å². The monoisotopic (exact) mass is 330 g/mol. The van der Waals surface area contributed by atoms with Gasteiger partial charge in [0.05, 0.1) is 11.3 Å². The highest BCUT2D eigenvalue weighted by molar-refractivity contribution is 6.19. The van der Waals surface area contributed by atoms with Gasteiger partial charge in [0, 0.05) is 38.0 Å². The first-order valence-corrected chi connectivity index (χ1v) is 8.17. The lowest BCUT2D eigenvalue weighted by molar-refractivity contribution is -0.142. The van der Waals surface area contributed by atoms with Crippen molar-refractivity contribution in [2.75, 3.05) is 25.5 Å². The molecule has 2 rings (SSSR count). The zero-order valence-corrected chi connectivity index (χ0v) is 13.8. The summed E-state index contributed by atoms with van der Waals surface area (Å²) in [6.07, 6.45) is 1.48. The van der Waals surface area contributed by atoms with Gasteiger partial charge in [0.25, 0.3) is 0 Å². The van der Waals surface area contributed by atoms with Crippen molar-refractivity contribution in [1.29, 1.82) is 0 Å². The second-order valence-corrected chi connectivity index (χ2v) is 7.09. The summed E-state index contributed by atoms with van der Waals surface area (Å²) >= 11 is 5.85. The van der Waals surface area contributed by atoms with Gasteiger partial charge in [0.1, 0.15) is 0 Å². The molecule has 7 heteroatoms. The van der Waals surface area contributed by atoms with Crippen molar-refractivity contribution >= 4 is 29.4 Å². The van der Waals surface area contributed by atoms with E-state index in [-0.39, 0.29) is 30.2 Å². The molecule has 22 heavy (non-hydrogen) atoms. The first-order chi connectivity index (χ1) is 10.3. The van der Waals surface area contributed by atoms with Crippen LogP contribution >= 0.6 is 11.6 Å². The van der Waals surface area contributed by atoms with Crippen LogP contribution in [-0.2, 0) is 14.4 Å². The van der Waals surface area contributed by atoms with Crippen molar-refractivity contribution in [2.24, 2.45) is 11.3 Å². The Kier molecular flexibility index (Phi) is 5.00. The van der Waals surface area contributed by atoms with Gasteiger partial charge in [-0.15, -0.1) is 11.6 Å². The quantitative estimate of drug-likeness (QED) is 0.785. The third kappa shape index (κ3) is 3.37. The highest BCUT2D eigenvalue weighted by Gasteiger charge is 2.40. The number of rotatable bonds is 4. The van der Waals surface area contributed by atoms with E-state index in [2.05, 4.69) is 0 Å². The molecule has 2 saturated heterocycles. The molecule has 0 aromatic rings. The van der Waals surface area contributed by atoms with Crippen LogP contribution < -0.4 is 0 Å². The molecule has 2 heterocycles. The van der Waals surface area contributed by atoms with Gasteiger partial charge in [-0.2, -0.15) is 0 Å². The second-order valence-electron chi connectivity index (χ2n) is 6.83. The molecule has 0 spiro atoms. The summed E-state index contributed by atoms with van der Waals surface area (Å²) in [5.41, 5.74) is -0.577. The SMILES string of the molecule is CC(C)(CCl)C(=O)N1CCC(N2CC(C(=O)O)CC2=O)CC1. The normalized spacial score (nSPS) is 24.0. The van der Waals surface area contributed by atoms with Gasteiger partial charge < -0.3 is 14.9 Å². The lowest BCUT2D eigenvalue weighted by Crippen LogP contribution is -2.50. The smallest absolute Gasteiger partial charge is 0.308 e. The largest absolute Gasteiger partial charge is 0.481 e. The number of carboxylic acid groups (broad SMARTS) is 1. The van der Waals surface area contributed by atoms with Gasteiger partial charge in [0.15, 0.2) is 0 Å². The number of carbonyl (C=O) groups excluding carboxylic acids is 2. The number of carbonyl (C=O) groups is 3. The summed E-state index contributed by atoms with van der Waals surface area (Å²) in [5, 5.41) is 9.03. The Morgan fingerprint density at radius 2 is 1.91 bits per heavy atom. The number of likely N-dealkylation sites (tertiary alicyclic amines) is 2. The van der Waals surface area contributed by atoms with Crippen molar-refractivity contribution in [3.8, 4) is 0 Å². The first kappa shape index (κ1) is 17.1. The molecule has 2 fully saturated rings. The molecule has 1 atom stereocenters. The summed E-state index contributed by atoms with van der Waals surface area (Å²) in [6, 6.07) is 0.0417. The molecular formula is C15H23ClN2O4. The molecule has 0 bridgehead atoms. The molecule has 0 aromatic carbocycles. The van der Waals surface area contributed by atoms with Gasteiger partial charge in [-0.25, -0.2) is 0 Å². The Labute approximate surface area is 135 Å². The minimum atomic E-state index is -0.910. The molecule has 0 aromatic heterocycles. The minimum Gasteiger partial charge on any atom is -0.481 e. The number of nitrogens with zero attached hydrogens (tertiary/aromatic N) is 2. The molecule has 1 N–H and O–H groups in total. The maximum atomic E-state index is 12.4. The van der Waals surface area contributed by atoms with E-state index in [0.29, 0.717) is 32.5 Å². The van der Waals surface area contributed by atoms with Gasteiger partial charge in [0.2, 0.25) is 11.8 Å². The molecule has 0 radical (unpaired) electrons. The van der Waals surface area contributed by atoms with Gasteiger partial charge in [-0.3, -0.25) is 14.4 Å². The Balaban J connectivity index is 1.91. The van der Waals surface area contributed by atoms with E-state index < -0.39 is 17.3 Å². The molecule has 0 saturated carbocycles. The highest BCUT2D eigenvalue weighted by Crippen LogP contribution is 2.28. The van der Waals surface area contributed by atoms with E-state index >= 15 is 0 Å². The fourth-order valence-electron chi connectivity index (χ4n) is 3.12. The topological polar surface area (TPSA) is 77.9 Å². The van der Waals surface area contributed by atoms with Crippen molar-refractivity contribution in [3.63, 3.8) is 0 Å². The average molecular weight is 331 g/mol. The van der Waals surface area contributed by atoms with Gasteiger partial charge >= 0.3 is 5.97 Å². The van der Waals surface area contributed by atoms with Crippen LogP contribution in [0.15, 0.2) is 0 Å². The molecule has 6 nitrogen and oxygen atoms in total. The molecule has 0 aliphatic carbocycles. The van der Waals surface area contributed by atoms with Crippen molar-refractivity contribution in [1.82, 2.24) is 9.80 Å². The number of halogens is 1. The van der Waals surface area contributed by atoms with E-state index in [1.807, 2.05) is 13.8 Å². The van der Waals surface area contributed by atoms with Crippen LogP contribution in [0, 0.1) is 11.3 Å². The fourth-order valence-corrected chi connectivity index (χ4v) is 3.23. The molecular weight excluding hydrogens is 308 g/mol. The fraction of sp³-hybridized carbons (Fsp3) is 0.800. The summed E-state index contributed by atoms with van der Waals surface area (Å²) in [7, 11) is 0. The zero-order valence-electron chi connectivity index (χ0n) is 13.0. The van der Waals surface area contributed by atoms with E-state index in [1.165, 1.54) is 0 Å². The number of hydrogen-bond donors (Lipinski definition) is 1. The summed E-state index contributed by atoms with van der Waals surface area (Å²) < 4.78 is 0. The highest BCUT2D eigenvalue weighted by atomic mass is 35.5. The zero-order chi connectivity index (χ0) is 16.5. The van der Waals surface area contributed by atoms with Crippen molar-refractivity contribution < 1.29 is 19.5 Å². The van der Waals surface area contributed by atoms with E-state index in [1.54, 1.807) is 9.80 Å². The number of amides is 2. The Hall–Kier alpha value is -1.30. The number of carboxylic acids is 1. The van der Waals surface area contributed by atoms with Crippen LogP contribution in [0.3, 0.4) is 0 Å². The maximum absolute atomic E-state index is 12.4. The predicted molar refractivity (Wildman–Crippen MR) is 81.6 cm³/mol. The number of piperidine rings is 1. The maximum Gasteiger partial charge on any atom is 0.308 e. The number of alkyl halides is 1. The van der Waals surface area contributed by atoms with E-state index in [9.17, 15) is 14.4 Å². The lowest BCUT2D eigenvalue weighted by atomic mass is 9.92. The van der Waals surface area contributed by atoms with E-state index in [0.717, 1.165) is 0 Å². The Morgan fingerprint density at radius 1 is 1.32 bits per heavy atom. The molecule has 1 unspecified atom stereocenters. The van der Waals surface area contributed by atoms with Crippen LogP contribution in [0.2, 0.25) is 0 Å². The third-order valence-electron chi connectivity index (χ3n) is 4.61. The summed E-state index contributed by atoms with van der Waals surface area (Å²) in [6.45, 7) is 5.13.